The van der Waals surface area contributed by atoms with E-state index in [2.05, 4.69) is 41.5 Å². The summed E-state index contributed by atoms with van der Waals surface area (Å²) in [4.78, 5) is 0. The van der Waals surface area contributed by atoms with Gasteiger partial charge in [-0.05, 0) is 87.1 Å². The van der Waals surface area contributed by atoms with Crippen LogP contribution in [0, 0.1) is 0 Å². The second-order valence-electron chi connectivity index (χ2n) is 39.7. The number of hydrogen-bond acceptors (Lipinski definition) is 12. The maximum Gasteiger partial charge on any atom is 0.248 e. The zero-order chi connectivity index (χ0) is 91.9. The molecule has 2 aromatic heterocycles. The van der Waals surface area contributed by atoms with E-state index in [0.717, 1.165) is 99.3 Å². The quantitative estimate of drug-likeness (QED) is 0.0343. The fraction of sp³-hybridized carbons (Fsp3) is 0.814. The predicted octanol–water partition coefficient (Wildman–Crippen LogP) is 40.3. The molecule has 0 saturated heterocycles. The lowest BCUT2D eigenvalue weighted by Gasteiger charge is -2.18. The van der Waals surface area contributed by atoms with Gasteiger partial charge in [-0.25, -0.2) is 0 Å². The van der Waals surface area contributed by atoms with Gasteiger partial charge in [0.15, 0.2) is 23.0 Å². The third-order valence-corrected chi connectivity index (χ3v) is 27.3. The number of nitrogens with zero attached hydrogens (tertiary/aromatic N) is 4. The summed E-state index contributed by atoms with van der Waals surface area (Å²) in [5.41, 5.74) is 3.07. The SMILES string of the molecule is CCCCCCCCCCCCCCCCOc1cc(-c2nnc(-c3ccc(-c4nnc(-c5cc(OCCCCCCCCCCCCCCCC)c(OCCCCCCCCCCCCCCCC)c(OCCCCCCCCCCCCCCCC)c5)o4)cc3)o2)cc(OCCCCCCCCCCCCCCCC)c1OCCCCCCCCCCCCCCCC. The van der Waals surface area contributed by atoms with Crippen LogP contribution in [0.3, 0.4) is 0 Å². The van der Waals surface area contributed by atoms with E-state index >= 15 is 0 Å². The number of aromatic nitrogens is 4. The van der Waals surface area contributed by atoms with Crippen LogP contribution in [-0.2, 0) is 0 Å². The molecular formula is C118H206N4O8. The number of benzene rings is 3. The Labute approximate surface area is 802 Å². The molecule has 0 fully saturated rings. The van der Waals surface area contributed by atoms with Crippen LogP contribution >= 0.6 is 0 Å². The number of unbranched alkanes of at least 4 members (excludes halogenated alkanes) is 78. The molecule has 0 unspecified atom stereocenters. The van der Waals surface area contributed by atoms with E-state index in [0.29, 0.717) is 97.7 Å². The average Bonchev–Trinajstić information content (AvgIpc) is 1.63. The highest BCUT2D eigenvalue weighted by molar-refractivity contribution is 5.69. The maximum atomic E-state index is 6.87. The fourth-order valence-electron chi connectivity index (χ4n) is 18.6. The minimum atomic E-state index is 0.402. The van der Waals surface area contributed by atoms with Crippen molar-refractivity contribution in [2.45, 2.75) is 581 Å². The molecule has 0 atom stereocenters. The van der Waals surface area contributed by atoms with Crippen LogP contribution in [-0.4, -0.2) is 60.0 Å². The van der Waals surface area contributed by atoms with E-state index in [1.165, 1.54) is 462 Å². The van der Waals surface area contributed by atoms with Crippen molar-refractivity contribution in [3.05, 3.63) is 48.5 Å². The van der Waals surface area contributed by atoms with Crippen molar-refractivity contribution >= 4 is 0 Å². The van der Waals surface area contributed by atoms with Crippen molar-refractivity contribution in [3.63, 3.8) is 0 Å². The van der Waals surface area contributed by atoms with Crippen LogP contribution < -0.4 is 28.4 Å². The molecule has 0 radical (unpaired) electrons. The van der Waals surface area contributed by atoms with Gasteiger partial charge in [0.1, 0.15) is 0 Å². The highest BCUT2D eigenvalue weighted by Crippen LogP contribution is 2.45. The molecule has 0 amide bonds. The Kier molecular flexibility index (Phi) is 76.7. The summed E-state index contributed by atoms with van der Waals surface area (Å²) in [7, 11) is 0. The number of ether oxygens (including phenoxy) is 6. The lowest BCUT2D eigenvalue weighted by atomic mass is 10.0. The van der Waals surface area contributed by atoms with Gasteiger partial charge in [-0.3, -0.25) is 0 Å². The summed E-state index contributed by atoms with van der Waals surface area (Å²) in [6.45, 7) is 17.5. The minimum Gasteiger partial charge on any atom is -0.490 e. The maximum absolute atomic E-state index is 6.87. The van der Waals surface area contributed by atoms with Gasteiger partial charge in [-0.2, -0.15) is 0 Å². The van der Waals surface area contributed by atoms with Gasteiger partial charge >= 0.3 is 0 Å². The van der Waals surface area contributed by atoms with E-state index in [1.54, 1.807) is 0 Å². The molecule has 12 nitrogen and oxygen atoms in total. The topological polar surface area (TPSA) is 133 Å². The Morgan fingerprint density at radius 3 is 0.423 bits per heavy atom. The number of rotatable bonds is 100. The van der Waals surface area contributed by atoms with Gasteiger partial charge in [0.2, 0.25) is 35.1 Å². The normalized spacial score (nSPS) is 11.6. The molecule has 2 heterocycles. The van der Waals surface area contributed by atoms with Gasteiger partial charge in [0, 0.05) is 22.3 Å². The Bertz CT molecular complexity index is 2910. The van der Waals surface area contributed by atoms with Gasteiger partial charge in [0.25, 0.3) is 0 Å². The molecule has 130 heavy (non-hydrogen) atoms. The Morgan fingerprint density at radius 1 is 0.154 bits per heavy atom. The van der Waals surface area contributed by atoms with E-state index in [4.69, 9.17) is 57.7 Å². The second kappa shape index (κ2) is 86.6. The first kappa shape index (κ1) is 115. The van der Waals surface area contributed by atoms with Crippen LogP contribution in [0.1, 0.15) is 581 Å². The lowest BCUT2D eigenvalue weighted by molar-refractivity contribution is 0.234. The summed E-state index contributed by atoms with van der Waals surface area (Å²) in [5, 5.41) is 18.9. The van der Waals surface area contributed by atoms with Crippen LogP contribution in [0.15, 0.2) is 57.4 Å². The van der Waals surface area contributed by atoms with Crippen LogP contribution in [0.2, 0.25) is 0 Å². The molecule has 746 valence electrons. The number of hydrogen-bond donors (Lipinski definition) is 0. The Morgan fingerprint density at radius 2 is 0.277 bits per heavy atom. The monoisotopic (exact) mass is 1810 g/mol. The van der Waals surface area contributed by atoms with E-state index < -0.39 is 0 Å². The minimum absolute atomic E-state index is 0.402. The zero-order valence-electron chi connectivity index (χ0n) is 86.3. The fourth-order valence-corrected chi connectivity index (χ4v) is 18.6. The average molecular weight is 1810 g/mol. The van der Waals surface area contributed by atoms with Gasteiger partial charge < -0.3 is 37.3 Å². The van der Waals surface area contributed by atoms with Gasteiger partial charge in [-0.1, -0.05) is 542 Å². The molecule has 0 aliphatic carbocycles. The second-order valence-corrected chi connectivity index (χ2v) is 39.7. The standard InChI is InChI=1S/C118H206N4O8/c1-7-13-19-25-31-37-43-49-55-61-67-73-79-85-95-123-109-101-107(102-110(124-96-86-80-74-68-62-56-50-44-38-32-26-20-14-8-2)113(109)127-99-89-83-77-71-65-59-53-47-41-35-29-23-17-11-5)117-121-119-115(129-117)105-91-93-106(94-92-105)116-120-122-118(130-116)108-103-111(125-97-87-81-75-69-63-57-51-45-39-33-27-21-15-9-3)114(128-100-90-84-78-72-66-60-54-48-42-36-30-24-18-12-6)112(104-108)126-98-88-82-76-70-64-58-52-46-40-34-28-22-16-10-4/h91-94,101-104H,7-90,95-100H2,1-6H3. The predicted molar refractivity (Wildman–Crippen MR) is 559 cm³/mol. The molecule has 5 rings (SSSR count). The van der Waals surface area contributed by atoms with Crippen LogP contribution in [0.4, 0.5) is 0 Å². The first-order chi connectivity index (χ1) is 64.5. The van der Waals surface area contributed by atoms with Crippen molar-refractivity contribution in [2.75, 3.05) is 39.6 Å². The summed E-state index contributed by atoms with van der Waals surface area (Å²) in [6.07, 6.45) is 110. The first-order valence-electron chi connectivity index (χ1n) is 57.4. The van der Waals surface area contributed by atoms with E-state index in [9.17, 15) is 0 Å². The molecule has 0 bridgehead atoms. The summed E-state index contributed by atoms with van der Waals surface area (Å²) in [6, 6.07) is 16.2. The molecule has 0 saturated carbocycles. The Hall–Kier alpha value is -5.26. The molecule has 0 aliphatic rings. The summed E-state index contributed by atoms with van der Waals surface area (Å²) >= 11 is 0. The highest BCUT2D eigenvalue weighted by Gasteiger charge is 2.24. The summed E-state index contributed by atoms with van der Waals surface area (Å²) in [5.74, 6) is 5.75. The molecule has 0 aliphatic heterocycles. The van der Waals surface area contributed by atoms with Crippen molar-refractivity contribution < 1.29 is 37.3 Å². The van der Waals surface area contributed by atoms with Crippen molar-refractivity contribution in [1.29, 1.82) is 0 Å². The molecule has 0 spiro atoms. The smallest absolute Gasteiger partial charge is 0.248 e. The lowest BCUT2D eigenvalue weighted by Crippen LogP contribution is -2.07. The summed E-state index contributed by atoms with van der Waals surface area (Å²) < 4.78 is 54.5. The molecule has 12 heteroatoms. The molecule has 5 aromatic rings. The van der Waals surface area contributed by atoms with Crippen LogP contribution in [0.5, 0.6) is 34.5 Å². The third kappa shape index (κ3) is 61.0. The van der Waals surface area contributed by atoms with Gasteiger partial charge in [-0.15, -0.1) is 20.4 Å². The molecule has 3 aromatic carbocycles. The van der Waals surface area contributed by atoms with Crippen molar-refractivity contribution in [3.8, 4) is 80.3 Å². The van der Waals surface area contributed by atoms with Gasteiger partial charge in [0.05, 0.1) is 39.6 Å². The van der Waals surface area contributed by atoms with E-state index in [1.807, 2.05) is 48.5 Å². The largest absolute Gasteiger partial charge is 0.490 e. The third-order valence-electron chi connectivity index (χ3n) is 27.3. The van der Waals surface area contributed by atoms with Crippen LogP contribution in [0.25, 0.3) is 45.8 Å². The molecule has 0 N–H and O–H groups in total. The van der Waals surface area contributed by atoms with E-state index in [-0.39, 0.29) is 0 Å². The Balaban J connectivity index is 1.34. The first-order valence-corrected chi connectivity index (χ1v) is 57.4. The van der Waals surface area contributed by atoms with Crippen molar-refractivity contribution in [2.24, 2.45) is 0 Å². The van der Waals surface area contributed by atoms with Crippen molar-refractivity contribution in [1.82, 2.24) is 20.4 Å². The highest BCUT2D eigenvalue weighted by atomic mass is 16.5. The zero-order valence-corrected chi connectivity index (χ0v) is 86.3. The molecular weight excluding hydrogens is 1600 g/mol.